The standard InChI is InChI=1S/C10H17N3O3/c1-3-16-7-5-13-10(4-6-15-2)9(8-14)11-12-13/h8H,3-7H2,1-2H3. The van der Waals surface area contributed by atoms with E-state index < -0.39 is 0 Å². The molecule has 0 atom stereocenters. The predicted octanol–water partition coefficient (Wildman–Crippen LogP) is 0.316. The summed E-state index contributed by atoms with van der Waals surface area (Å²) in [4.78, 5) is 10.7. The number of nitrogens with zero attached hydrogens (tertiary/aromatic N) is 3. The van der Waals surface area contributed by atoms with Crippen LogP contribution in [0.1, 0.15) is 23.1 Å². The van der Waals surface area contributed by atoms with E-state index in [1.165, 1.54) is 0 Å². The molecule has 0 unspecified atom stereocenters. The monoisotopic (exact) mass is 227 g/mol. The third kappa shape index (κ3) is 3.39. The summed E-state index contributed by atoms with van der Waals surface area (Å²) in [6, 6.07) is 0. The number of aromatic nitrogens is 3. The molecule has 0 radical (unpaired) electrons. The van der Waals surface area contributed by atoms with Gasteiger partial charge in [-0.05, 0) is 6.92 Å². The Morgan fingerprint density at radius 2 is 2.25 bits per heavy atom. The number of rotatable bonds is 8. The van der Waals surface area contributed by atoms with Crippen molar-refractivity contribution in [2.45, 2.75) is 19.9 Å². The first-order valence-electron chi connectivity index (χ1n) is 5.27. The first-order valence-corrected chi connectivity index (χ1v) is 5.27. The molecule has 0 bridgehead atoms. The quantitative estimate of drug-likeness (QED) is 0.472. The van der Waals surface area contributed by atoms with E-state index in [4.69, 9.17) is 9.47 Å². The Hall–Kier alpha value is -1.27. The van der Waals surface area contributed by atoms with E-state index in [2.05, 4.69) is 10.3 Å². The molecule has 6 nitrogen and oxygen atoms in total. The van der Waals surface area contributed by atoms with Gasteiger partial charge in [-0.1, -0.05) is 5.21 Å². The minimum absolute atomic E-state index is 0.383. The number of aldehydes is 1. The maximum atomic E-state index is 10.7. The van der Waals surface area contributed by atoms with Gasteiger partial charge >= 0.3 is 0 Å². The van der Waals surface area contributed by atoms with Gasteiger partial charge in [-0.15, -0.1) is 5.10 Å². The lowest BCUT2D eigenvalue weighted by atomic mass is 10.2. The first-order chi connectivity index (χ1) is 7.83. The van der Waals surface area contributed by atoms with Crippen LogP contribution >= 0.6 is 0 Å². The van der Waals surface area contributed by atoms with E-state index in [1.807, 2.05) is 6.92 Å². The highest BCUT2D eigenvalue weighted by molar-refractivity contribution is 5.73. The molecule has 0 saturated carbocycles. The molecule has 0 saturated heterocycles. The third-order valence-corrected chi connectivity index (χ3v) is 2.17. The molecule has 0 aliphatic rings. The summed E-state index contributed by atoms with van der Waals surface area (Å²) in [6.07, 6.45) is 1.35. The summed E-state index contributed by atoms with van der Waals surface area (Å²) in [5, 5.41) is 7.71. The van der Waals surface area contributed by atoms with Crippen molar-refractivity contribution in [3.8, 4) is 0 Å². The molecule has 1 aromatic rings. The van der Waals surface area contributed by atoms with Crippen molar-refractivity contribution in [3.05, 3.63) is 11.4 Å². The first kappa shape index (κ1) is 12.8. The molecule has 1 heterocycles. The van der Waals surface area contributed by atoms with E-state index in [9.17, 15) is 4.79 Å². The molecule has 90 valence electrons. The smallest absolute Gasteiger partial charge is 0.172 e. The molecule has 0 spiro atoms. The number of ether oxygens (including phenoxy) is 2. The second-order valence-electron chi connectivity index (χ2n) is 3.20. The molecule has 0 amide bonds. The van der Waals surface area contributed by atoms with Crippen LogP contribution in [0.25, 0.3) is 0 Å². The highest BCUT2D eigenvalue weighted by atomic mass is 16.5. The van der Waals surface area contributed by atoms with Crippen LogP contribution in [0, 0.1) is 0 Å². The van der Waals surface area contributed by atoms with E-state index in [-0.39, 0.29) is 0 Å². The summed E-state index contributed by atoms with van der Waals surface area (Å²) >= 11 is 0. The Balaban J connectivity index is 2.66. The number of hydrogen-bond acceptors (Lipinski definition) is 5. The lowest BCUT2D eigenvalue weighted by Crippen LogP contribution is -2.12. The van der Waals surface area contributed by atoms with Crippen LogP contribution in [0.4, 0.5) is 0 Å². The predicted molar refractivity (Wildman–Crippen MR) is 57.5 cm³/mol. The molecule has 0 aromatic carbocycles. The van der Waals surface area contributed by atoms with Gasteiger partial charge in [0, 0.05) is 20.1 Å². The molecule has 0 N–H and O–H groups in total. The number of hydrogen-bond donors (Lipinski definition) is 0. The van der Waals surface area contributed by atoms with Crippen molar-refractivity contribution in [3.63, 3.8) is 0 Å². The van der Waals surface area contributed by atoms with Crippen molar-refractivity contribution in [1.82, 2.24) is 15.0 Å². The van der Waals surface area contributed by atoms with Crippen LogP contribution in [0.3, 0.4) is 0 Å². The Kier molecular flexibility index (Phi) is 5.66. The summed E-state index contributed by atoms with van der Waals surface area (Å²) in [7, 11) is 1.62. The fourth-order valence-electron chi connectivity index (χ4n) is 1.37. The lowest BCUT2D eigenvalue weighted by Gasteiger charge is -2.06. The Morgan fingerprint density at radius 1 is 1.44 bits per heavy atom. The van der Waals surface area contributed by atoms with Gasteiger partial charge < -0.3 is 9.47 Å². The molecule has 1 rings (SSSR count). The van der Waals surface area contributed by atoms with Crippen LogP contribution in [-0.4, -0.2) is 48.2 Å². The third-order valence-electron chi connectivity index (χ3n) is 2.17. The zero-order valence-corrected chi connectivity index (χ0v) is 9.68. The van der Waals surface area contributed by atoms with Crippen molar-refractivity contribution in [2.75, 3.05) is 26.9 Å². The van der Waals surface area contributed by atoms with Gasteiger partial charge in [-0.3, -0.25) is 4.79 Å². The summed E-state index contributed by atoms with van der Waals surface area (Å²) in [6.45, 7) is 4.32. The minimum Gasteiger partial charge on any atom is -0.384 e. The van der Waals surface area contributed by atoms with Crippen molar-refractivity contribution in [2.24, 2.45) is 0 Å². The molecule has 0 aliphatic heterocycles. The summed E-state index contributed by atoms with van der Waals surface area (Å²) < 4.78 is 11.9. The Labute approximate surface area is 94.5 Å². The highest BCUT2D eigenvalue weighted by Gasteiger charge is 2.11. The average molecular weight is 227 g/mol. The van der Waals surface area contributed by atoms with Crippen molar-refractivity contribution in [1.29, 1.82) is 0 Å². The van der Waals surface area contributed by atoms with Gasteiger partial charge in [-0.2, -0.15) is 0 Å². The SMILES string of the molecule is CCOCCn1nnc(C=O)c1CCOC. The number of methoxy groups -OCH3 is 1. The highest BCUT2D eigenvalue weighted by Crippen LogP contribution is 2.04. The fraction of sp³-hybridized carbons (Fsp3) is 0.700. The molecular formula is C10H17N3O3. The maximum Gasteiger partial charge on any atom is 0.172 e. The summed E-state index contributed by atoms with van der Waals surface area (Å²) in [5.74, 6) is 0. The molecular weight excluding hydrogens is 210 g/mol. The van der Waals surface area contributed by atoms with Gasteiger partial charge in [0.1, 0.15) is 5.69 Å². The average Bonchev–Trinajstić information content (AvgIpc) is 2.69. The molecule has 0 aliphatic carbocycles. The van der Waals surface area contributed by atoms with Gasteiger partial charge in [0.15, 0.2) is 6.29 Å². The Morgan fingerprint density at radius 3 is 2.88 bits per heavy atom. The lowest BCUT2D eigenvalue weighted by molar-refractivity contribution is 0.111. The zero-order chi connectivity index (χ0) is 11.8. The fourth-order valence-corrected chi connectivity index (χ4v) is 1.37. The minimum atomic E-state index is 0.383. The Bertz CT molecular complexity index is 325. The van der Waals surface area contributed by atoms with Crippen molar-refractivity contribution >= 4 is 6.29 Å². The van der Waals surface area contributed by atoms with Crippen LogP contribution < -0.4 is 0 Å². The van der Waals surface area contributed by atoms with Gasteiger partial charge in [0.25, 0.3) is 0 Å². The second-order valence-corrected chi connectivity index (χ2v) is 3.20. The molecule has 16 heavy (non-hydrogen) atoms. The molecule has 0 fully saturated rings. The van der Waals surface area contributed by atoms with Crippen LogP contribution in [0.15, 0.2) is 0 Å². The normalized spacial score (nSPS) is 10.6. The molecule has 6 heteroatoms. The van der Waals surface area contributed by atoms with E-state index >= 15 is 0 Å². The van der Waals surface area contributed by atoms with E-state index in [1.54, 1.807) is 11.8 Å². The molecule has 1 aromatic heterocycles. The van der Waals surface area contributed by atoms with Gasteiger partial charge in [0.2, 0.25) is 0 Å². The maximum absolute atomic E-state index is 10.7. The topological polar surface area (TPSA) is 66.2 Å². The van der Waals surface area contributed by atoms with Gasteiger partial charge in [0.05, 0.1) is 25.5 Å². The summed E-state index contributed by atoms with van der Waals surface area (Å²) in [5.41, 5.74) is 1.19. The number of carbonyl (C=O) groups is 1. The van der Waals surface area contributed by atoms with E-state index in [0.717, 1.165) is 12.0 Å². The number of carbonyl (C=O) groups excluding carboxylic acids is 1. The second kappa shape index (κ2) is 7.08. The largest absolute Gasteiger partial charge is 0.384 e. The van der Waals surface area contributed by atoms with Crippen LogP contribution in [-0.2, 0) is 22.4 Å². The van der Waals surface area contributed by atoms with Crippen LogP contribution in [0.2, 0.25) is 0 Å². The van der Waals surface area contributed by atoms with Crippen molar-refractivity contribution < 1.29 is 14.3 Å². The zero-order valence-electron chi connectivity index (χ0n) is 9.68. The van der Waals surface area contributed by atoms with E-state index in [0.29, 0.717) is 38.5 Å². The van der Waals surface area contributed by atoms with Gasteiger partial charge in [-0.25, -0.2) is 4.68 Å². The van der Waals surface area contributed by atoms with Crippen LogP contribution in [0.5, 0.6) is 0 Å².